The molecule has 1 aromatic rings. The van der Waals surface area contributed by atoms with E-state index in [1.807, 2.05) is 23.3 Å². The predicted molar refractivity (Wildman–Crippen MR) is 67.5 cm³/mol. The number of hydrogen-bond donors (Lipinski definition) is 1. The summed E-state index contributed by atoms with van der Waals surface area (Å²) in [6, 6.07) is 0.724. The number of hydrogen-bond acceptors (Lipinski definition) is 5. The zero-order valence-electron chi connectivity index (χ0n) is 8.93. The molecular formula is C10H17N3S2. The molecule has 0 amide bonds. The van der Waals surface area contributed by atoms with E-state index in [0.29, 0.717) is 6.04 Å². The molecule has 2 rings (SSSR count). The van der Waals surface area contributed by atoms with Crippen molar-refractivity contribution in [1.29, 1.82) is 0 Å². The molecule has 15 heavy (non-hydrogen) atoms. The first-order chi connectivity index (χ1) is 7.27. The largest absolute Gasteiger partial charge is 0.326 e. The number of likely N-dealkylation sites (N-methyl/N-ethyl adjacent to an activating group) is 1. The molecule has 0 spiro atoms. The first-order valence-corrected chi connectivity index (χ1v) is 7.23. The molecule has 1 fully saturated rings. The maximum Gasteiger partial charge on any atom is 0.0940 e. The molecule has 0 saturated carbocycles. The lowest BCUT2D eigenvalue weighted by Gasteiger charge is -2.35. The van der Waals surface area contributed by atoms with Crippen LogP contribution in [0.4, 0.5) is 0 Å². The Balaban J connectivity index is 1.91. The SMILES string of the molecule is CN1CCSCC1C(N)Cc1nccs1. The first kappa shape index (κ1) is 11.4. The molecule has 1 saturated heterocycles. The van der Waals surface area contributed by atoms with E-state index >= 15 is 0 Å². The zero-order chi connectivity index (χ0) is 10.7. The van der Waals surface area contributed by atoms with Gasteiger partial charge in [-0.2, -0.15) is 11.8 Å². The van der Waals surface area contributed by atoms with E-state index in [2.05, 4.69) is 16.9 Å². The molecule has 0 bridgehead atoms. The summed E-state index contributed by atoms with van der Waals surface area (Å²) >= 11 is 3.71. The minimum Gasteiger partial charge on any atom is -0.326 e. The molecule has 1 aliphatic rings. The molecule has 3 nitrogen and oxygen atoms in total. The van der Waals surface area contributed by atoms with Crippen LogP contribution in [0.15, 0.2) is 11.6 Å². The molecule has 2 unspecified atom stereocenters. The molecule has 84 valence electrons. The third-order valence-corrected chi connectivity index (χ3v) is 4.68. The second-order valence-corrected chi connectivity index (χ2v) is 6.05. The zero-order valence-corrected chi connectivity index (χ0v) is 10.6. The second kappa shape index (κ2) is 5.30. The lowest BCUT2D eigenvalue weighted by atomic mass is 10.1. The summed E-state index contributed by atoms with van der Waals surface area (Å²) in [6.45, 7) is 1.15. The van der Waals surface area contributed by atoms with Crippen LogP contribution in [-0.2, 0) is 6.42 Å². The highest BCUT2D eigenvalue weighted by Crippen LogP contribution is 2.19. The predicted octanol–water partition coefficient (Wildman–Crippen LogP) is 1.06. The van der Waals surface area contributed by atoms with E-state index in [0.717, 1.165) is 23.7 Å². The van der Waals surface area contributed by atoms with Gasteiger partial charge in [0.2, 0.25) is 0 Å². The van der Waals surface area contributed by atoms with Crippen molar-refractivity contribution in [2.24, 2.45) is 5.73 Å². The molecule has 1 aromatic heterocycles. The Morgan fingerprint density at radius 2 is 2.60 bits per heavy atom. The van der Waals surface area contributed by atoms with E-state index in [1.54, 1.807) is 11.3 Å². The molecule has 0 aliphatic carbocycles. The quantitative estimate of drug-likeness (QED) is 0.862. The highest BCUT2D eigenvalue weighted by molar-refractivity contribution is 7.99. The van der Waals surface area contributed by atoms with Crippen LogP contribution in [0.2, 0.25) is 0 Å². The Kier molecular flexibility index (Phi) is 4.02. The number of thiazole rings is 1. The molecule has 5 heteroatoms. The van der Waals surface area contributed by atoms with Crippen LogP contribution in [0.5, 0.6) is 0 Å². The van der Waals surface area contributed by atoms with Crippen molar-refractivity contribution in [3.8, 4) is 0 Å². The van der Waals surface area contributed by atoms with E-state index in [9.17, 15) is 0 Å². The van der Waals surface area contributed by atoms with Crippen molar-refractivity contribution >= 4 is 23.1 Å². The maximum atomic E-state index is 6.24. The monoisotopic (exact) mass is 243 g/mol. The lowest BCUT2D eigenvalue weighted by Crippen LogP contribution is -2.51. The Hall–Kier alpha value is -0.100. The van der Waals surface area contributed by atoms with Crippen molar-refractivity contribution < 1.29 is 0 Å². The van der Waals surface area contributed by atoms with Crippen molar-refractivity contribution in [2.45, 2.75) is 18.5 Å². The van der Waals surface area contributed by atoms with Gasteiger partial charge in [-0.1, -0.05) is 0 Å². The van der Waals surface area contributed by atoms with Gasteiger partial charge in [0, 0.05) is 48.1 Å². The fourth-order valence-corrected chi connectivity index (χ4v) is 3.86. The summed E-state index contributed by atoms with van der Waals surface area (Å²) in [7, 11) is 2.17. The Labute approximate surface area is 99.1 Å². The van der Waals surface area contributed by atoms with E-state index in [-0.39, 0.29) is 6.04 Å². The lowest BCUT2D eigenvalue weighted by molar-refractivity contribution is 0.235. The van der Waals surface area contributed by atoms with Crippen LogP contribution in [-0.4, -0.2) is 47.1 Å². The molecule has 2 heterocycles. The van der Waals surface area contributed by atoms with Gasteiger partial charge in [0.1, 0.15) is 0 Å². The molecule has 0 radical (unpaired) electrons. The van der Waals surface area contributed by atoms with E-state index < -0.39 is 0 Å². The van der Waals surface area contributed by atoms with Gasteiger partial charge >= 0.3 is 0 Å². The van der Waals surface area contributed by atoms with Gasteiger partial charge in [-0.25, -0.2) is 4.98 Å². The van der Waals surface area contributed by atoms with E-state index in [4.69, 9.17) is 5.73 Å². The fourth-order valence-electron chi connectivity index (χ4n) is 1.85. The summed E-state index contributed by atoms with van der Waals surface area (Å²) in [5.74, 6) is 2.39. The third-order valence-electron chi connectivity index (χ3n) is 2.83. The number of aromatic nitrogens is 1. The number of rotatable bonds is 3. The van der Waals surface area contributed by atoms with Crippen LogP contribution in [0.1, 0.15) is 5.01 Å². The smallest absolute Gasteiger partial charge is 0.0940 e. The Morgan fingerprint density at radius 3 is 3.27 bits per heavy atom. The van der Waals surface area contributed by atoms with Crippen molar-refractivity contribution in [1.82, 2.24) is 9.88 Å². The van der Waals surface area contributed by atoms with Crippen molar-refractivity contribution in [2.75, 3.05) is 25.1 Å². The highest BCUT2D eigenvalue weighted by Gasteiger charge is 2.25. The summed E-state index contributed by atoms with van der Waals surface area (Å²) in [5.41, 5.74) is 6.24. The summed E-state index contributed by atoms with van der Waals surface area (Å²) < 4.78 is 0. The minimum atomic E-state index is 0.217. The van der Waals surface area contributed by atoms with Gasteiger partial charge in [0.05, 0.1) is 5.01 Å². The minimum absolute atomic E-state index is 0.217. The van der Waals surface area contributed by atoms with Crippen LogP contribution < -0.4 is 5.73 Å². The fraction of sp³-hybridized carbons (Fsp3) is 0.700. The first-order valence-electron chi connectivity index (χ1n) is 5.19. The number of nitrogens with zero attached hydrogens (tertiary/aromatic N) is 2. The number of thioether (sulfide) groups is 1. The maximum absolute atomic E-state index is 6.24. The average molecular weight is 243 g/mol. The van der Waals surface area contributed by atoms with Gasteiger partial charge in [-0.05, 0) is 7.05 Å². The molecule has 2 N–H and O–H groups in total. The highest BCUT2D eigenvalue weighted by atomic mass is 32.2. The normalized spacial score (nSPS) is 25.3. The topological polar surface area (TPSA) is 42.1 Å². The Bertz CT molecular complexity index is 289. The molecule has 2 atom stereocenters. The van der Waals surface area contributed by atoms with Crippen molar-refractivity contribution in [3.63, 3.8) is 0 Å². The van der Waals surface area contributed by atoms with Crippen LogP contribution in [0.3, 0.4) is 0 Å². The number of nitrogens with two attached hydrogens (primary N) is 1. The van der Waals surface area contributed by atoms with E-state index in [1.165, 1.54) is 5.75 Å². The van der Waals surface area contributed by atoms with Crippen molar-refractivity contribution in [3.05, 3.63) is 16.6 Å². The van der Waals surface area contributed by atoms with Crippen LogP contribution in [0.25, 0.3) is 0 Å². The van der Waals surface area contributed by atoms with Gasteiger partial charge in [-0.3, -0.25) is 0 Å². The molecule has 0 aromatic carbocycles. The van der Waals surface area contributed by atoms with Crippen LogP contribution in [0, 0.1) is 0 Å². The van der Waals surface area contributed by atoms with Gasteiger partial charge < -0.3 is 10.6 Å². The summed E-state index contributed by atoms with van der Waals surface area (Å²) in [4.78, 5) is 6.67. The summed E-state index contributed by atoms with van der Waals surface area (Å²) in [5, 5.41) is 3.17. The second-order valence-electron chi connectivity index (χ2n) is 3.92. The third kappa shape index (κ3) is 2.93. The van der Waals surface area contributed by atoms with Crippen LogP contribution >= 0.6 is 23.1 Å². The molecule has 1 aliphatic heterocycles. The summed E-state index contributed by atoms with van der Waals surface area (Å²) in [6.07, 6.45) is 2.76. The standard InChI is InChI=1S/C10H17N3S2/c1-13-3-5-14-7-9(13)8(11)6-10-12-2-4-15-10/h2,4,8-9H,3,5-7,11H2,1H3. The Morgan fingerprint density at radius 1 is 1.73 bits per heavy atom. The molecular weight excluding hydrogens is 226 g/mol. The van der Waals surface area contributed by atoms with Gasteiger partial charge in [0.25, 0.3) is 0 Å². The average Bonchev–Trinajstić information content (AvgIpc) is 2.71. The van der Waals surface area contributed by atoms with Gasteiger partial charge in [-0.15, -0.1) is 11.3 Å². The van der Waals surface area contributed by atoms with Gasteiger partial charge in [0.15, 0.2) is 0 Å².